The highest BCUT2D eigenvalue weighted by atomic mass is 16.2. The number of benzene rings is 2. The Hall–Kier alpha value is -2.89. The maximum absolute atomic E-state index is 13.2. The number of nitrogens with zero attached hydrogens (tertiary/aromatic N) is 1. The van der Waals surface area contributed by atoms with Crippen molar-refractivity contribution in [3.05, 3.63) is 48.0 Å². The third kappa shape index (κ3) is 4.16. The number of imide groups is 1. The Balaban J connectivity index is 1.44. The van der Waals surface area contributed by atoms with Crippen molar-refractivity contribution in [2.24, 2.45) is 11.3 Å². The van der Waals surface area contributed by atoms with Gasteiger partial charge in [-0.3, -0.25) is 14.5 Å². The van der Waals surface area contributed by atoms with Crippen molar-refractivity contribution in [1.29, 1.82) is 0 Å². The SMILES string of the molecule is C[C@H]1CC(C)(C)C[C@@]2(C1)NC(=O)N(CC(=O)N[C@H](C)c1ccc3ccccc3c1)C2=O. The lowest BCUT2D eigenvalue weighted by Crippen LogP contribution is -2.54. The minimum Gasteiger partial charge on any atom is -0.348 e. The van der Waals surface area contributed by atoms with Gasteiger partial charge < -0.3 is 10.6 Å². The minimum absolute atomic E-state index is 0.0382. The molecule has 6 nitrogen and oxygen atoms in total. The molecule has 31 heavy (non-hydrogen) atoms. The van der Waals surface area contributed by atoms with Gasteiger partial charge in [0, 0.05) is 0 Å². The largest absolute Gasteiger partial charge is 0.348 e. The Kier molecular flexibility index (Phi) is 5.28. The maximum atomic E-state index is 13.2. The number of urea groups is 1. The van der Waals surface area contributed by atoms with E-state index in [0.29, 0.717) is 18.8 Å². The van der Waals surface area contributed by atoms with E-state index in [1.807, 2.05) is 43.3 Å². The quantitative estimate of drug-likeness (QED) is 0.728. The smallest absolute Gasteiger partial charge is 0.325 e. The molecule has 164 valence electrons. The van der Waals surface area contributed by atoms with Gasteiger partial charge in [0.15, 0.2) is 0 Å². The molecular weight excluding hydrogens is 390 g/mol. The predicted molar refractivity (Wildman–Crippen MR) is 120 cm³/mol. The molecule has 1 aliphatic heterocycles. The number of rotatable bonds is 4. The van der Waals surface area contributed by atoms with E-state index in [1.165, 1.54) is 0 Å². The average molecular weight is 422 g/mol. The number of carbonyl (C=O) groups is 3. The van der Waals surface area contributed by atoms with Gasteiger partial charge in [0.1, 0.15) is 12.1 Å². The van der Waals surface area contributed by atoms with Crippen molar-refractivity contribution in [1.82, 2.24) is 15.5 Å². The van der Waals surface area contributed by atoms with Crippen molar-refractivity contribution in [3.63, 3.8) is 0 Å². The Morgan fingerprint density at radius 1 is 1.16 bits per heavy atom. The van der Waals surface area contributed by atoms with Gasteiger partial charge in [0.25, 0.3) is 5.91 Å². The molecule has 2 fully saturated rings. The Morgan fingerprint density at radius 3 is 2.58 bits per heavy atom. The van der Waals surface area contributed by atoms with E-state index in [-0.39, 0.29) is 29.8 Å². The van der Waals surface area contributed by atoms with E-state index >= 15 is 0 Å². The van der Waals surface area contributed by atoms with Crippen LogP contribution in [0, 0.1) is 11.3 Å². The van der Waals surface area contributed by atoms with E-state index in [4.69, 9.17) is 0 Å². The molecule has 6 heteroatoms. The van der Waals surface area contributed by atoms with E-state index in [1.54, 1.807) is 0 Å². The second-order valence-corrected chi connectivity index (χ2v) is 10.2. The number of fused-ring (bicyclic) bond motifs is 1. The van der Waals surface area contributed by atoms with Crippen molar-refractivity contribution >= 4 is 28.6 Å². The second kappa shape index (κ2) is 7.66. The molecular formula is C25H31N3O3. The first-order chi connectivity index (χ1) is 14.6. The molecule has 3 atom stereocenters. The molecule has 0 unspecified atom stereocenters. The summed E-state index contributed by atoms with van der Waals surface area (Å²) < 4.78 is 0. The monoisotopic (exact) mass is 421 g/mol. The second-order valence-electron chi connectivity index (χ2n) is 10.2. The molecule has 0 bridgehead atoms. The summed E-state index contributed by atoms with van der Waals surface area (Å²) in [5, 5.41) is 8.10. The van der Waals surface area contributed by atoms with Crippen LogP contribution >= 0.6 is 0 Å². The van der Waals surface area contributed by atoms with Crippen molar-refractivity contribution in [3.8, 4) is 0 Å². The van der Waals surface area contributed by atoms with E-state index in [2.05, 4.69) is 37.5 Å². The Bertz CT molecular complexity index is 1050. The van der Waals surface area contributed by atoms with Gasteiger partial charge >= 0.3 is 6.03 Å². The number of carbonyl (C=O) groups excluding carboxylic acids is 3. The summed E-state index contributed by atoms with van der Waals surface area (Å²) in [6.45, 7) is 8.01. The highest BCUT2D eigenvalue weighted by Gasteiger charge is 2.56. The van der Waals surface area contributed by atoms with Crippen LogP contribution in [0.1, 0.15) is 58.6 Å². The summed E-state index contributed by atoms with van der Waals surface area (Å²) in [5.74, 6) is -0.287. The van der Waals surface area contributed by atoms with Gasteiger partial charge in [0.05, 0.1) is 6.04 Å². The first kappa shape index (κ1) is 21.3. The van der Waals surface area contributed by atoms with E-state index in [0.717, 1.165) is 27.7 Å². The summed E-state index contributed by atoms with van der Waals surface area (Å²) in [4.78, 5) is 39.6. The molecule has 1 aliphatic carbocycles. The van der Waals surface area contributed by atoms with Gasteiger partial charge in [0.2, 0.25) is 5.91 Å². The van der Waals surface area contributed by atoms with Crippen LogP contribution in [0.3, 0.4) is 0 Å². The number of nitrogens with one attached hydrogen (secondary N) is 2. The summed E-state index contributed by atoms with van der Waals surface area (Å²) in [6, 6.07) is 13.4. The summed E-state index contributed by atoms with van der Waals surface area (Å²) >= 11 is 0. The summed E-state index contributed by atoms with van der Waals surface area (Å²) in [7, 11) is 0. The number of hydrogen-bond donors (Lipinski definition) is 2. The first-order valence-electron chi connectivity index (χ1n) is 11.0. The lowest BCUT2D eigenvalue weighted by Gasteiger charge is -2.43. The lowest BCUT2D eigenvalue weighted by atomic mass is 9.64. The van der Waals surface area contributed by atoms with Crippen LogP contribution in [-0.4, -0.2) is 34.8 Å². The van der Waals surface area contributed by atoms with Gasteiger partial charge in [-0.05, 0) is 59.9 Å². The standard InChI is InChI=1S/C25H31N3O3/c1-16-12-24(3,4)15-25(13-16)22(30)28(23(31)27-25)14-21(29)26-17(2)19-10-9-18-7-5-6-8-20(18)11-19/h5-11,16-17H,12-15H2,1-4H3,(H,26,29)(H,27,31)/t16-,17+,25+/m0/s1. The Morgan fingerprint density at radius 2 is 1.87 bits per heavy atom. The highest BCUT2D eigenvalue weighted by molar-refractivity contribution is 6.09. The van der Waals surface area contributed by atoms with E-state index in [9.17, 15) is 14.4 Å². The van der Waals surface area contributed by atoms with E-state index < -0.39 is 11.6 Å². The normalized spacial score (nSPS) is 26.2. The third-order valence-electron chi connectivity index (χ3n) is 6.58. The van der Waals surface area contributed by atoms with Crippen LogP contribution in [0.25, 0.3) is 10.8 Å². The predicted octanol–water partition coefficient (Wildman–Crippen LogP) is 4.15. The van der Waals surface area contributed by atoms with Crippen LogP contribution in [0.5, 0.6) is 0 Å². The summed E-state index contributed by atoms with van der Waals surface area (Å²) in [6.07, 6.45) is 2.23. The van der Waals surface area contributed by atoms with Gasteiger partial charge in [-0.2, -0.15) is 0 Å². The average Bonchev–Trinajstić information content (AvgIpc) is 2.89. The summed E-state index contributed by atoms with van der Waals surface area (Å²) in [5.41, 5.74) is 0.0509. The molecule has 0 radical (unpaired) electrons. The topological polar surface area (TPSA) is 78.5 Å². The van der Waals surface area contributed by atoms with Crippen LogP contribution in [0.2, 0.25) is 0 Å². The van der Waals surface area contributed by atoms with Crippen molar-refractivity contribution in [2.45, 2.75) is 58.5 Å². The zero-order chi connectivity index (χ0) is 22.4. The van der Waals surface area contributed by atoms with Gasteiger partial charge in [-0.1, -0.05) is 57.2 Å². The molecule has 0 aromatic heterocycles. The fraction of sp³-hybridized carbons (Fsp3) is 0.480. The van der Waals surface area contributed by atoms with Crippen LogP contribution in [0.4, 0.5) is 4.79 Å². The minimum atomic E-state index is -0.886. The fourth-order valence-corrected chi connectivity index (χ4v) is 5.64. The van der Waals surface area contributed by atoms with Gasteiger partial charge in [-0.25, -0.2) is 4.79 Å². The highest BCUT2D eigenvalue weighted by Crippen LogP contribution is 2.46. The maximum Gasteiger partial charge on any atom is 0.325 e. The molecule has 1 spiro atoms. The number of hydrogen-bond acceptors (Lipinski definition) is 3. The molecule has 4 amide bonds. The van der Waals surface area contributed by atoms with Crippen LogP contribution in [-0.2, 0) is 9.59 Å². The molecule has 4 rings (SSSR count). The zero-order valence-corrected chi connectivity index (χ0v) is 18.7. The van der Waals surface area contributed by atoms with Crippen molar-refractivity contribution < 1.29 is 14.4 Å². The lowest BCUT2D eigenvalue weighted by molar-refractivity contribution is -0.137. The fourth-order valence-electron chi connectivity index (χ4n) is 5.64. The van der Waals surface area contributed by atoms with Crippen molar-refractivity contribution in [2.75, 3.05) is 6.54 Å². The molecule has 1 heterocycles. The Labute approximate surface area is 183 Å². The third-order valence-corrected chi connectivity index (χ3v) is 6.58. The molecule has 1 saturated heterocycles. The van der Waals surface area contributed by atoms with Crippen LogP contribution < -0.4 is 10.6 Å². The number of amides is 4. The molecule has 2 N–H and O–H groups in total. The molecule has 2 aromatic rings. The zero-order valence-electron chi connectivity index (χ0n) is 18.7. The molecule has 2 aliphatic rings. The van der Waals surface area contributed by atoms with Crippen LogP contribution in [0.15, 0.2) is 42.5 Å². The first-order valence-corrected chi connectivity index (χ1v) is 11.0. The molecule has 2 aromatic carbocycles. The molecule has 1 saturated carbocycles. The van der Waals surface area contributed by atoms with Gasteiger partial charge in [-0.15, -0.1) is 0 Å².